The summed E-state index contributed by atoms with van der Waals surface area (Å²) in [6, 6.07) is 7.99. The number of aryl methyl sites for hydroxylation is 1. The predicted octanol–water partition coefficient (Wildman–Crippen LogP) is 3.76. The van der Waals surface area contributed by atoms with E-state index < -0.39 is 23.4 Å². The number of anilines is 1. The number of nitrogens with zero attached hydrogens (tertiary/aromatic N) is 2. The number of carbonyl (C=O) groups is 2. The summed E-state index contributed by atoms with van der Waals surface area (Å²) in [6.45, 7) is 11.2. The summed E-state index contributed by atoms with van der Waals surface area (Å²) in [7, 11) is 0. The number of amides is 2. The Hall–Kier alpha value is -2.77. The van der Waals surface area contributed by atoms with Crippen LogP contribution in [-0.4, -0.2) is 35.9 Å². The summed E-state index contributed by atoms with van der Waals surface area (Å²) in [4.78, 5) is 24.4. The Bertz CT molecular complexity index is 698. The minimum absolute atomic E-state index is 0.0619. The summed E-state index contributed by atoms with van der Waals surface area (Å²) >= 11 is 0. The summed E-state index contributed by atoms with van der Waals surface area (Å²) in [5.41, 5.74) is 0.763. The van der Waals surface area contributed by atoms with E-state index in [1.807, 2.05) is 24.3 Å². The molecule has 0 aromatic heterocycles. The molecule has 0 atom stereocenters. The summed E-state index contributed by atoms with van der Waals surface area (Å²) in [5.74, 6) is -0.0619. The van der Waals surface area contributed by atoms with Crippen molar-refractivity contribution < 1.29 is 19.1 Å². The highest BCUT2D eigenvalue weighted by Gasteiger charge is 2.22. The van der Waals surface area contributed by atoms with Crippen molar-refractivity contribution in [1.82, 2.24) is 10.6 Å². The van der Waals surface area contributed by atoms with Gasteiger partial charge in [-0.15, -0.1) is 5.10 Å². The van der Waals surface area contributed by atoms with Gasteiger partial charge in [-0.05, 0) is 72.1 Å². The number of hydrazone groups is 1. The van der Waals surface area contributed by atoms with Crippen LogP contribution in [0.2, 0.25) is 0 Å². The molecule has 28 heavy (non-hydrogen) atoms. The molecule has 0 radical (unpaired) electrons. The number of carbonyl (C=O) groups excluding carboxylic acids is 2. The fraction of sp³-hybridized carbons (Fsp3) is 0.550. The molecule has 2 aliphatic rings. The maximum atomic E-state index is 12.2. The molecule has 0 spiro atoms. The number of ether oxygens (including phenoxy) is 2. The Morgan fingerprint density at radius 1 is 0.929 bits per heavy atom. The minimum atomic E-state index is -0.718. The van der Waals surface area contributed by atoms with Crippen LogP contribution in [0.15, 0.2) is 29.4 Å². The zero-order chi connectivity index (χ0) is 20.9. The van der Waals surface area contributed by atoms with Gasteiger partial charge in [0.15, 0.2) is 0 Å². The first-order chi connectivity index (χ1) is 12.9. The van der Waals surface area contributed by atoms with E-state index in [0.717, 1.165) is 18.5 Å². The lowest BCUT2D eigenvalue weighted by molar-refractivity contribution is 0.0545. The van der Waals surface area contributed by atoms with E-state index in [9.17, 15) is 9.59 Å². The molecule has 2 N–H and O–H groups in total. The molecule has 2 bridgehead atoms. The van der Waals surface area contributed by atoms with Gasteiger partial charge < -0.3 is 9.47 Å². The molecule has 154 valence electrons. The van der Waals surface area contributed by atoms with E-state index in [2.05, 4.69) is 15.7 Å². The molecule has 0 saturated carbocycles. The van der Waals surface area contributed by atoms with Crippen molar-refractivity contribution >= 4 is 23.8 Å². The van der Waals surface area contributed by atoms with Crippen molar-refractivity contribution in [3.05, 3.63) is 29.8 Å². The van der Waals surface area contributed by atoms with Crippen molar-refractivity contribution in [2.24, 2.45) is 5.10 Å². The number of hydrogen-bond acceptors (Lipinski definition) is 6. The SMILES string of the molecule is CC(C)(C)OC(=O)NC(=NN1CCCc2ccc1cc2)NC(=O)OC(C)(C)C. The van der Waals surface area contributed by atoms with Crippen LogP contribution in [0.25, 0.3) is 0 Å². The maximum Gasteiger partial charge on any atom is 0.414 e. The predicted molar refractivity (Wildman–Crippen MR) is 108 cm³/mol. The molecular formula is C20H30N4O4. The van der Waals surface area contributed by atoms with Gasteiger partial charge in [0.25, 0.3) is 0 Å². The van der Waals surface area contributed by atoms with Crippen LogP contribution in [0, 0.1) is 0 Å². The van der Waals surface area contributed by atoms with Crippen LogP contribution in [0.1, 0.15) is 53.5 Å². The molecular weight excluding hydrogens is 360 g/mol. The second kappa shape index (κ2) is 8.50. The second-order valence-corrected chi connectivity index (χ2v) is 8.60. The van der Waals surface area contributed by atoms with Crippen LogP contribution in [0.3, 0.4) is 0 Å². The second-order valence-electron chi connectivity index (χ2n) is 8.60. The van der Waals surface area contributed by atoms with Crippen LogP contribution in [0.5, 0.6) is 0 Å². The van der Waals surface area contributed by atoms with Gasteiger partial charge in [0.05, 0.1) is 5.69 Å². The fourth-order valence-corrected chi connectivity index (χ4v) is 2.51. The highest BCUT2D eigenvalue weighted by molar-refractivity contribution is 6.01. The third-order valence-electron chi connectivity index (χ3n) is 3.53. The highest BCUT2D eigenvalue weighted by atomic mass is 16.6. The first-order valence-electron chi connectivity index (χ1n) is 9.36. The molecule has 2 heterocycles. The van der Waals surface area contributed by atoms with E-state index in [-0.39, 0.29) is 5.96 Å². The zero-order valence-corrected chi connectivity index (χ0v) is 17.5. The van der Waals surface area contributed by atoms with Crippen LogP contribution in [-0.2, 0) is 15.9 Å². The largest absolute Gasteiger partial charge is 0.444 e. The molecule has 8 heteroatoms. The average Bonchev–Trinajstić information content (AvgIpc) is 2.47. The number of nitrogens with one attached hydrogen (secondary N) is 2. The molecule has 0 fully saturated rings. The van der Waals surface area contributed by atoms with Gasteiger partial charge in [-0.3, -0.25) is 15.6 Å². The molecule has 0 saturated heterocycles. The highest BCUT2D eigenvalue weighted by Crippen LogP contribution is 2.20. The van der Waals surface area contributed by atoms with E-state index in [1.165, 1.54) is 5.56 Å². The lowest BCUT2D eigenvalue weighted by Gasteiger charge is -2.25. The first-order valence-corrected chi connectivity index (χ1v) is 9.36. The quantitative estimate of drug-likeness (QED) is 0.563. The summed E-state index contributed by atoms with van der Waals surface area (Å²) in [6.07, 6.45) is 0.387. The van der Waals surface area contributed by atoms with Crippen molar-refractivity contribution in [2.75, 3.05) is 11.6 Å². The molecule has 3 rings (SSSR count). The van der Waals surface area contributed by atoms with Gasteiger partial charge in [-0.25, -0.2) is 9.59 Å². The number of alkyl carbamates (subject to hydrolysis) is 2. The summed E-state index contributed by atoms with van der Waals surface area (Å²) in [5, 5.41) is 11.2. The lowest BCUT2D eigenvalue weighted by atomic mass is 10.1. The van der Waals surface area contributed by atoms with Crippen molar-refractivity contribution in [3.63, 3.8) is 0 Å². The molecule has 8 nitrogen and oxygen atoms in total. The third-order valence-corrected chi connectivity index (χ3v) is 3.53. The van der Waals surface area contributed by atoms with E-state index in [4.69, 9.17) is 9.47 Å². The Morgan fingerprint density at radius 2 is 1.43 bits per heavy atom. The third kappa shape index (κ3) is 7.46. The smallest absolute Gasteiger partial charge is 0.414 e. The molecule has 0 unspecified atom stereocenters. The molecule has 2 amide bonds. The Kier molecular flexibility index (Phi) is 6.53. The van der Waals surface area contributed by atoms with Crippen molar-refractivity contribution in [3.8, 4) is 0 Å². The topological polar surface area (TPSA) is 92.3 Å². The number of hydrogen-bond donors (Lipinski definition) is 2. The first kappa shape index (κ1) is 21.5. The van der Waals surface area contributed by atoms with Gasteiger partial charge in [-0.1, -0.05) is 12.1 Å². The minimum Gasteiger partial charge on any atom is -0.444 e. The van der Waals surface area contributed by atoms with Crippen molar-refractivity contribution in [2.45, 2.75) is 65.6 Å². The number of benzene rings is 1. The van der Waals surface area contributed by atoms with Gasteiger partial charge in [-0.2, -0.15) is 0 Å². The fourth-order valence-electron chi connectivity index (χ4n) is 2.51. The normalized spacial score (nSPS) is 13.9. The van der Waals surface area contributed by atoms with Gasteiger partial charge in [0.2, 0.25) is 5.96 Å². The lowest BCUT2D eigenvalue weighted by Crippen LogP contribution is -2.48. The maximum absolute atomic E-state index is 12.2. The van der Waals surface area contributed by atoms with E-state index in [1.54, 1.807) is 46.6 Å². The van der Waals surface area contributed by atoms with Crippen LogP contribution in [0.4, 0.5) is 15.3 Å². The summed E-state index contributed by atoms with van der Waals surface area (Å²) < 4.78 is 10.5. The standard InChI is InChI=1S/C20H30N4O4/c1-19(2,3)27-17(25)21-16(22-18(26)28-20(4,5)6)23-24-13-7-8-14-9-11-15(24)12-10-14/h9-12H,7-8,13H2,1-6H3,(H2,21,22,23,25,26). The van der Waals surface area contributed by atoms with Gasteiger partial charge in [0, 0.05) is 6.54 Å². The van der Waals surface area contributed by atoms with Crippen LogP contribution >= 0.6 is 0 Å². The Morgan fingerprint density at radius 3 is 1.89 bits per heavy atom. The number of rotatable bonds is 1. The Balaban J connectivity index is 2.22. The average molecular weight is 390 g/mol. The molecule has 0 aliphatic carbocycles. The van der Waals surface area contributed by atoms with E-state index in [0.29, 0.717) is 6.54 Å². The number of guanidine groups is 1. The van der Waals surface area contributed by atoms with Crippen LogP contribution < -0.4 is 15.6 Å². The monoisotopic (exact) mass is 390 g/mol. The van der Waals surface area contributed by atoms with Gasteiger partial charge >= 0.3 is 12.2 Å². The van der Waals surface area contributed by atoms with E-state index >= 15 is 0 Å². The Labute approximate surface area is 166 Å². The molecule has 1 aromatic carbocycles. The molecule has 1 aromatic rings. The zero-order valence-electron chi connectivity index (χ0n) is 17.5. The molecule has 2 aliphatic heterocycles. The van der Waals surface area contributed by atoms with Gasteiger partial charge in [0.1, 0.15) is 11.2 Å². The van der Waals surface area contributed by atoms with Crippen molar-refractivity contribution in [1.29, 1.82) is 0 Å². The number of fused-ring (bicyclic) bond motifs is 5.